The van der Waals surface area contributed by atoms with Crippen LogP contribution in [-0.2, 0) is 14.8 Å². The van der Waals surface area contributed by atoms with Crippen molar-refractivity contribution in [2.24, 2.45) is 0 Å². The zero-order valence-corrected chi connectivity index (χ0v) is 19.1. The van der Waals surface area contributed by atoms with E-state index in [9.17, 15) is 13.2 Å². The van der Waals surface area contributed by atoms with Crippen molar-refractivity contribution in [3.63, 3.8) is 0 Å². The largest absolute Gasteiger partial charge is 0.484 e. The van der Waals surface area contributed by atoms with Crippen LogP contribution in [0.4, 0.5) is 5.69 Å². The van der Waals surface area contributed by atoms with Crippen LogP contribution in [-0.4, -0.2) is 28.0 Å². The summed E-state index contributed by atoms with van der Waals surface area (Å²) < 4.78 is 38.0. The molecule has 0 bridgehead atoms. The topological polar surface area (TPSA) is 88.9 Å². The number of para-hydroxylation sites is 1. The molecule has 170 valence electrons. The molecule has 8 heteroatoms. The summed E-state index contributed by atoms with van der Waals surface area (Å²) in [5.41, 5.74) is 1.25. The number of hydrogen-bond acceptors (Lipinski definition) is 5. The molecule has 0 aliphatic rings. The lowest BCUT2D eigenvalue weighted by Crippen LogP contribution is -2.31. The molecule has 4 aromatic rings. The molecule has 0 fully saturated rings. The quantitative estimate of drug-likeness (QED) is 0.414. The van der Waals surface area contributed by atoms with Crippen molar-refractivity contribution in [1.82, 2.24) is 5.32 Å². The standard InChI is InChI=1S/C25H24N2O5S/c1-18(24-16-19-8-6-7-11-23(19)32-24)26-25(28)17-31-21-14-12-20(13-15-21)27(2)33(29,30)22-9-4-3-5-10-22/h3-16,18H,17H2,1-2H3,(H,26,28). The first kappa shape index (κ1) is 22.4. The van der Waals surface area contributed by atoms with Crippen LogP contribution >= 0.6 is 0 Å². The van der Waals surface area contributed by atoms with Crippen molar-refractivity contribution < 1.29 is 22.4 Å². The van der Waals surface area contributed by atoms with E-state index in [1.807, 2.05) is 37.3 Å². The molecule has 0 saturated heterocycles. The predicted molar refractivity (Wildman–Crippen MR) is 127 cm³/mol. The first-order valence-corrected chi connectivity index (χ1v) is 11.8. The molecular weight excluding hydrogens is 440 g/mol. The number of hydrogen-bond donors (Lipinski definition) is 1. The van der Waals surface area contributed by atoms with Gasteiger partial charge in [0.05, 0.1) is 16.6 Å². The van der Waals surface area contributed by atoms with Gasteiger partial charge in [0.25, 0.3) is 15.9 Å². The van der Waals surface area contributed by atoms with E-state index in [1.54, 1.807) is 54.6 Å². The Hall–Kier alpha value is -3.78. The molecule has 1 amide bonds. The minimum atomic E-state index is -3.66. The van der Waals surface area contributed by atoms with Crippen LogP contribution in [0.15, 0.2) is 94.2 Å². The SMILES string of the molecule is CC(NC(=O)COc1ccc(N(C)S(=O)(=O)c2ccccc2)cc1)c1cc2ccccc2o1. The van der Waals surface area contributed by atoms with E-state index in [2.05, 4.69) is 5.32 Å². The van der Waals surface area contributed by atoms with Gasteiger partial charge >= 0.3 is 0 Å². The number of carbonyl (C=O) groups is 1. The van der Waals surface area contributed by atoms with E-state index in [4.69, 9.17) is 9.15 Å². The number of benzene rings is 3. The molecule has 1 heterocycles. The number of carbonyl (C=O) groups excluding carboxylic acids is 1. The Morgan fingerprint density at radius 1 is 1.00 bits per heavy atom. The van der Waals surface area contributed by atoms with Gasteiger partial charge in [-0.2, -0.15) is 0 Å². The van der Waals surface area contributed by atoms with Gasteiger partial charge in [-0.15, -0.1) is 0 Å². The lowest BCUT2D eigenvalue weighted by Gasteiger charge is -2.20. The fourth-order valence-electron chi connectivity index (χ4n) is 3.36. The molecule has 33 heavy (non-hydrogen) atoms. The van der Waals surface area contributed by atoms with Gasteiger partial charge in [0.1, 0.15) is 17.1 Å². The fourth-order valence-corrected chi connectivity index (χ4v) is 4.58. The molecule has 1 unspecified atom stereocenters. The second-order valence-electron chi connectivity index (χ2n) is 7.54. The number of furan rings is 1. The average molecular weight is 465 g/mol. The molecule has 1 N–H and O–H groups in total. The zero-order chi connectivity index (χ0) is 23.4. The van der Waals surface area contributed by atoms with Crippen molar-refractivity contribution in [3.05, 3.63) is 90.7 Å². The Morgan fingerprint density at radius 3 is 2.36 bits per heavy atom. The summed E-state index contributed by atoms with van der Waals surface area (Å²) in [6.45, 7) is 1.66. The molecule has 0 saturated carbocycles. The molecule has 1 aromatic heterocycles. The van der Waals surface area contributed by atoms with Gasteiger partial charge in [-0.3, -0.25) is 9.10 Å². The number of nitrogens with zero attached hydrogens (tertiary/aromatic N) is 1. The predicted octanol–water partition coefficient (Wildman–Crippen LogP) is 4.51. The number of fused-ring (bicyclic) bond motifs is 1. The van der Waals surface area contributed by atoms with Gasteiger partial charge in [-0.25, -0.2) is 8.42 Å². The highest BCUT2D eigenvalue weighted by molar-refractivity contribution is 7.92. The monoisotopic (exact) mass is 464 g/mol. The van der Waals surface area contributed by atoms with Crippen LogP contribution in [0.1, 0.15) is 18.7 Å². The smallest absolute Gasteiger partial charge is 0.264 e. The van der Waals surface area contributed by atoms with Crippen molar-refractivity contribution in [3.8, 4) is 5.75 Å². The highest BCUT2D eigenvalue weighted by Gasteiger charge is 2.21. The maximum Gasteiger partial charge on any atom is 0.264 e. The minimum Gasteiger partial charge on any atom is -0.484 e. The van der Waals surface area contributed by atoms with Crippen LogP contribution in [0.3, 0.4) is 0 Å². The Bertz CT molecular complexity index is 1320. The maximum absolute atomic E-state index is 12.7. The van der Waals surface area contributed by atoms with E-state index in [1.165, 1.54) is 11.4 Å². The third kappa shape index (κ3) is 5.01. The lowest BCUT2D eigenvalue weighted by atomic mass is 10.2. The number of sulfonamides is 1. The molecule has 0 aliphatic carbocycles. The summed E-state index contributed by atoms with van der Waals surface area (Å²) in [5, 5.41) is 3.83. The van der Waals surface area contributed by atoms with Crippen LogP contribution in [0.25, 0.3) is 11.0 Å². The van der Waals surface area contributed by atoms with E-state index in [-0.39, 0.29) is 23.5 Å². The summed E-state index contributed by atoms with van der Waals surface area (Å²) in [4.78, 5) is 12.5. The molecule has 3 aromatic carbocycles. The normalized spacial score (nSPS) is 12.3. The Balaban J connectivity index is 1.34. The molecule has 0 aliphatic heterocycles. The average Bonchev–Trinajstić information content (AvgIpc) is 3.28. The molecule has 1 atom stereocenters. The molecular formula is C25H24N2O5S. The number of ether oxygens (including phenoxy) is 1. The highest BCUT2D eigenvalue weighted by Crippen LogP contribution is 2.25. The number of amides is 1. The Kier molecular flexibility index (Phi) is 6.37. The van der Waals surface area contributed by atoms with Crippen molar-refractivity contribution in [1.29, 1.82) is 0 Å². The third-order valence-corrected chi connectivity index (χ3v) is 7.02. The summed E-state index contributed by atoms with van der Waals surface area (Å²) in [6, 6.07) is 24.0. The van der Waals surface area contributed by atoms with Crippen molar-refractivity contribution in [2.45, 2.75) is 17.9 Å². The summed E-state index contributed by atoms with van der Waals surface area (Å²) in [5.74, 6) is 0.822. The number of nitrogens with one attached hydrogen (secondary N) is 1. The van der Waals surface area contributed by atoms with Crippen molar-refractivity contribution in [2.75, 3.05) is 18.0 Å². The lowest BCUT2D eigenvalue weighted by molar-refractivity contribution is -0.123. The zero-order valence-electron chi connectivity index (χ0n) is 18.3. The minimum absolute atomic E-state index is 0.179. The van der Waals surface area contributed by atoms with E-state index < -0.39 is 10.0 Å². The van der Waals surface area contributed by atoms with Gasteiger partial charge in [0.2, 0.25) is 0 Å². The van der Waals surface area contributed by atoms with Crippen LogP contribution < -0.4 is 14.4 Å². The highest BCUT2D eigenvalue weighted by atomic mass is 32.2. The van der Waals surface area contributed by atoms with Gasteiger partial charge in [-0.05, 0) is 55.5 Å². The van der Waals surface area contributed by atoms with E-state index in [0.717, 1.165) is 11.0 Å². The Labute approximate surface area is 192 Å². The van der Waals surface area contributed by atoms with Gasteiger partial charge < -0.3 is 14.5 Å². The van der Waals surface area contributed by atoms with Gasteiger partial charge in [-0.1, -0.05) is 36.4 Å². The van der Waals surface area contributed by atoms with Crippen LogP contribution in [0.2, 0.25) is 0 Å². The summed E-state index contributed by atoms with van der Waals surface area (Å²) in [6.07, 6.45) is 0. The number of rotatable bonds is 8. The first-order chi connectivity index (χ1) is 15.8. The van der Waals surface area contributed by atoms with Gasteiger partial charge in [0.15, 0.2) is 6.61 Å². The molecule has 4 rings (SSSR count). The third-order valence-electron chi connectivity index (χ3n) is 5.22. The molecule has 7 nitrogen and oxygen atoms in total. The molecule has 0 radical (unpaired) electrons. The van der Waals surface area contributed by atoms with E-state index in [0.29, 0.717) is 17.2 Å². The first-order valence-electron chi connectivity index (χ1n) is 10.4. The summed E-state index contributed by atoms with van der Waals surface area (Å²) in [7, 11) is -2.17. The second-order valence-corrected chi connectivity index (χ2v) is 9.51. The van der Waals surface area contributed by atoms with Crippen LogP contribution in [0, 0.1) is 0 Å². The number of anilines is 1. The van der Waals surface area contributed by atoms with E-state index >= 15 is 0 Å². The fraction of sp³-hybridized carbons (Fsp3) is 0.160. The second kappa shape index (κ2) is 9.38. The van der Waals surface area contributed by atoms with Gasteiger partial charge in [0, 0.05) is 12.4 Å². The van der Waals surface area contributed by atoms with Crippen molar-refractivity contribution >= 4 is 32.6 Å². The van der Waals surface area contributed by atoms with Crippen LogP contribution in [0.5, 0.6) is 5.75 Å². The Morgan fingerprint density at radius 2 is 1.67 bits per heavy atom. The maximum atomic E-state index is 12.7. The summed E-state index contributed by atoms with van der Waals surface area (Å²) >= 11 is 0. The molecule has 0 spiro atoms.